The molecule has 1 aromatic carbocycles. The van der Waals surface area contributed by atoms with Gasteiger partial charge in [0.1, 0.15) is 23.0 Å². The quantitative estimate of drug-likeness (QED) is 0.709. The molecule has 0 N–H and O–H groups in total. The highest BCUT2D eigenvalue weighted by molar-refractivity contribution is 14.1. The maximum atomic E-state index is 6.18. The van der Waals surface area contributed by atoms with Crippen LogP contribution in [0.3, 0.4) is 0 Å². The van der Waals surface area contributed by atoms with E-state index in [9.17, 15) is 0 Å². The number of fused-ring (bicyclic) bond motifs is 1. The van der Waals surface area contributed by atoms with Crippen molar-refractivity contribution in [3.63, 3.8) is 0 Å². The highest BCUT2D eigenvalue weighted by Crippen LogP contribution is 2.49. The summed E-state index contributed by atoms with van der Waals surface area (Å²) in [5.74, 6) is -0.651. The molecule has 0 aromatic heterocycles. The minimum absolute atomic E-state index is 0.112. The second-order valence-corrected chi connectivity index (χ2v) is 6.17. The molecule has 2 atom stereocenters. The first-order valence-corrected chi connectivity index (χ1v) is 6.85. The van der Waals surface area contributed by atoms with Crippen LogP contribution >= 0.6 is 23.0 Å². The molecule has 0 aliphatic carbocycles. The molecule has 1 heterocycles. The first-order valence-electron chi connectivity index (χ1n) is 5.96. The van der Waals surface area contributed by atoms with E-state index in [1.165, 1.54) is 11.1 Å². The van der Waals surface area contributed by atoms with Crippen LogP contribution in [0.2, 0.25) is 0 Å². The van der Waals surface area contributed by atoms with E-state index in [4.69, 9.17) is 7.80 Å². The van der Waals surface area contributed by atoms with Gasteiger partial charge in [0.25, 0.3) is 0 Å². The standard InChI is InChI=1S/C14H19IO2/c1-10-9-11-7-5-6-8-12(11)14(16-10,17-15)13(2,3)4/h5-8,10H,9H2,1-4H3. The smallest absolute Gasteiger partial charge is 0.211 e. The fraction of sp³-hybridized carbons (Fsp3) is 0.571. The second-order valence-electron chi connectivity index (χ2n) is 5.73. The summed E-state index contributed by atoms with van der Waals surface area (Å²) in [6, 6.07) is 8.42. The second kappa shape index (κ2) is 4.52. The van der Waals surface area contributed by atoms with Crippen LogP contribution in [-0.2, 0) is 20.0 Å². The Labute approximate surface area is 117 Å². The molecule has 2 nitrogen and oxygen atoms in total. The number of benzene rings is 1. The van der Waals surface area contributed by atoms with Crippen LogP contribution in [0.25, 0.3) is 0 Å². The number of rotatable bonds is 1. The van der Waals surface area contributed by atoms with Gasteiger partial charge < -0.3 is 4.74 Å². The van der Waals surface area contributed by atoms with Gasteiger partial charge in [0.2, 0.25) is 5.79 Å². The summed E-state index contributed by atoms with van der Waals surface area (Å²) < 4.78 is 12.0. The average molecular weight is 346 g/mol. The zero-order chi connectivity index (χ0) is 12.7. The van der Waals surface area contributed by atoms with Crippen molar-refractivity contribution >= 4 is 23.0 Å². The summed E-state index contributed by atoms with van der Waals surface area (Å²) in [6.07, 6.45) is 1.13. The molecule has 0 saturated heterocycles. The summed E-state index contributed by atoms with van der Waals surface area (Å²) in [5.41, 5.74) is 2.39. The van der Waals surface area contributed by atoms with E-state index in [0.717, 1.165) is 6.42 Å². The van der Waals surface area contributed by atoms with E-state index < -0.39 is 5.79 Å². The Balaban J connectivity index is 2.61. The van der Waals surface area contributed by atoms with E-state index >= 15 is 0 Å². The zero-order valence-corrected chi connectivity index (χ0v) is 12.9. The Kier molecular flexibility index (Phi) is 3.54. The Hall–Kier alpha value is -0.130. The van der Waals surface area contributed by atoms with Gasteiger partial charge in [0.15, 0.2) is 0 Å². The third kappa shape index (κ3) is 2.13. The lowest BCUT2D eigenvalue weighted by atomic mass is 9.77. The monoisotopic (exact) mass is 346 g/mol. The molecule has 1 aliphatic heterocycles. The van der Waals surface area contributed by atoms with Crippen LogP contribution in [0.15, 0.2) is 24.3 Å². The summed E-state index contributed by atoms with van der Waals surface area (Å²) in [7, 11) is 0. The van der Waals surface area contributed by atoms with Crippen molar-refractivity contribution in [3.8, 4) is 0 Å². The molecule has 94 valence electrons. The minimum atomic E-state index is -0.651. The fourth-order valence-electron chi connectivity index (χ4n) is 2.47. The summed E-state index contributed by atoms with van der Waals surface area (Å²) in [6.45, 7) is 8.56. The molecule has 1 aromatic rings. The summed E-state index contributed by atoms with van der Waals surface area (Å²) >= 11 is 1.97. The van der Waals surface area contributed by atoms with Crippen molar-refractivity contribution in [3.05, 3.63) is 35.4 Å². The summed E-state index contributed by atoms with van der Waals surface area (Å²) in [4.78, 5) is 0. The zero-order valence-electron chi connectivity index (χ0n) is 10.8. The Morgan fingerprint density at radius 3 is 2.59 bits per heavy atom. The first-order chi connectivity index (χ1) is 7.90. The third-order valence-corrected chi connectivity index (χ3v) is 3.96. The van der Waals surface area contributed by atoms with E-state index in [0.29, 0.717) is 0 Å². The molecule has 0 amide bonds. The van der Waals surface area contributed by atoms with Crippen molar-refractivity contribution < 1.29 is 7.80 Å². The molecule has 3 heteroatoms. The normalized spacial score (nSPS) is 28.9. The number of halogens is 1. The van der Waals surface area contributed by atoms with Gasteiger partial charge in [-0.3, -0.25) is 3.07 Å². The van der Waals surface area contributed by atoms with E-state index in [1.54, 1.807) is 0 Å². The SMILES string of the molecule is CC1Cc2ccccc2C(OI)(C(C)(C)C)O1. The van der Waals surface area contributed by atoms with Gasteiger partial charge in [0, 0.05) is 11.0 Å². The number of hydrogen-bond donors (Lipinski definition) is 0. The minimum Gasteiger partial charge on any atom is -0.341 e. The van der Waals surface area contributed by atoms with Gasteiger partial charge in [-0.2, -0.15) is 0 Å². The van der Waals surface area contributed by atoms with Gasteiger partial charge in [-0.1, -0.05) is 45.0 Å². The summed E-state index contributed by atoms with van der Waals surface area (Å²) in [5, 5.41) is 0. The molecule has 2 unspecified atom stereocenters. The first kappa shape index (κ1) is 13.3. The molecular weight excluding hydrogens is 327 g/mol. The van der Waals surface area contributed by atoms with Gasteiger partial charge in [-0.25, -0.2) is 0 Å². The molecule has 0 bridgehead atoms. The van der Waals surface area contributed by atoms with Gasteiger partial charge in [-0.15, -0.1) is 0 Å². The van der Waals surface area contributed by atoms with E-state index in [2.05, 4.69) is 45.9 Å². The highest BCUT2D eigenvalue weighted by atomic mass is 127. The lowest BCUT2D eigenvalue weighted by Gasteiger charge is -2.47. The van der Waals surface area contributed by atoms with Crippen molar-refractivity contribution in [2.45, 2.75) is 46.0 Å². The maximum Gasteiger partial charge on any atom is 0.211 e. The average Bonchev–Trinajstić information content (AvgIpc) is 2.26. The number of hydrogen-bond acceptors (Lipinski definition) is 2. The molecular formula is C14H19IO2. The third-order valence-electron chi connectivity index (χ3n) is 3.34. The lowest BCUT2D eigenvalue weighted by Crippen LogP contribution is -2.49. The lowest BCUT2D eigenvalue weighted by molar-refractivity contribution is -0.262. The topological polar surface area (TPSA) is 18.5 Å². The molecule has 0 fully saturated rings. The Morgan fingerprint density at radius 2 is 2.00 bits per heavy atom. The van der Waals surface area contributed by atoms with Crippen molar-refractivity contribution in [2.75, 3.05) is 0 Å². The Morgan fingerprint density at radius 1 is 1.35 bits per heavy atom. The van der Waals surface area contributed by atoms with Gasteiger partial charge in [-0.05, 0) is 18.9 Å². The predicted octanol–water partition coefficient (Wildman–Crippen LogP) is 4.21. The molecule has 2 rings (SSSR count). The van der Waals surface area contributed by atoms with Crippen molar-refractivity contribution in [1.29, 1.82) is 0 Å². The Bertz CT molecular complexity index is 411. The molecule has 17 heavy (non-hydrogen) atoms. The highest BCUT2D eigenvalue weighted by Gasteiger charge is 2.50. The van der Waals surface area contributed by atoms with Crippen LogP contribution in [0, 0.1) is 5.41 Å². The van der Waals surface area contributed by atoms with Crippen LogP contribution < -0.4 is 0 Å². The maximum absolute atomic E-state index is 6.18. The van der Waals surface area contributed by atoms with Crippen molar-refractivity contribution in [1.82, 2.24) is 0 Å². The van der Waals surface area contributed by atoms with Crippen molar-refractivity contribution in [2.24, 2.45) is 5.41 Å². The molecule has 0 saturated carbocycles. The van der Waals surface area contributed by atoms with E-state index in [1.807, 2.05) is 29.1 Å². The largest absolute Gasteiger partial charge is 0.341 e. The fourth-order valence-corrected chi connectivity index (χ4v) is 3.48. The molecule has 0 spiro atoms. The number of ether oxygens (including phenoxy) is 1. The molecule has 0 radical (unpaired) electrons. The van der Waals surface area contributed by atoms with E-state index in [-0.39, 0.29) is 11.5 Å². The van der Waals surface area contributed by atoms with Crippen LogP contribution in [0.5, 0.6) is 0 Å². The molecule has 1 aliphatic rings. The predicted molar refractivity (Wildman–Crippen MR) is 76.9 cm³/mol. The van der Waals surface area contributed by atoms with Gasteiger partial charge >= 0.3 is 0 Å². The van der Waals surface area contributed by atoms with Crippen LogP contribution in [0.4, 0.5) is 0 Å². The van der Waals surface area contributed by atoms with Crippen LogP contribution in [-0.4, -0.2) is 6.10 Å². The van der Waals surface area contributed by atoms with Crippen LogP contribution in [0.1, 0.15) is 38.8 Å². The van der Waals surface area contributed by atoms with Gasteiger partial charge in [0.05, 0.1) is 6.10 Å².